The van der Waals surface area contributed by atoms with Crippen molar-refractivity contribution in [2.75, 3.05) is 36.7 Å². The number of aromatic nitrogens is 1. The summed E-state index contributed by atoms with van der Waals surface area (Å²) < 4.78 is 43.3. The van der Waals surface area contributed by atoms with E-state index in [4.69, 9.17) is 16.3 Å². The first kappa shape index (κ1) is 24.6. The Morgan fingerprint density at radius 3 is 2.74 bits per heavy atom. The molecule has 0 bridgehead atoms. The lowest BCUT2D eigenvalue weighted by Crippen LogP contribution is -2.23. The number of methoxy groups -OCH3 is 1. The van der Waals surface area contributed by atoms with Crippen LogP contribution in [0.4, 0.5) is 15.8 Å². The SMILES string of the molecule is COC1CCN(c2cc(F)cnc2-c2cc(C(=O)Nc3cc(Cl)cc(S(C)(=O)=O)c3)sc2C)C1. The number of benzene rings is 1. The smallest absolute Gasteiger partial charge is 0.265 e. The zero-order valence-corrected chi connectivity index (χ0v) is 21.2. The molecule has 1 atom stereocenters. The summed E-state index contributed by atoms with van der Waals surface area (Å²) >= 11 is 7.31. The lowest BCUT2D eigenvalue weighted by atomic mass is 10.1. The molecule has 1 saturated heterocycles. The van der Waals surface area contributed by atoms with Crippen LogP contribution >= 0.6 is 22.9 Å². The van der Waals surface area contributed by atoms with Crippen LogP contribution in [0.15, 0.2) is 41.4 Å². The van der Waals surface area contributed by atoms with Gasteiger partial charge in [0.1, 0.15) is 5.82 Å². The number of rotatable bonds is 6. The van der Waals surface area contributed by atoms with Crippen molar-refractivity contribution in [2.45, 2.75) is 24.3 Å². The van der Waals surface area contributed by atoms with Gasteiger partial charge in [-0.25, -0.2) is 12.8 Å². The highest BCUT2D eigenvalue weighted by atomic mass is 35.5. The third-order valence-corrected chi connectivity index (χ3v) is 7.97. The number of nitrogens with zero attached hydrogens (tertiary/aromatic N) is 2. The molecule has 1 aliphatic rings. The number of hydrogen-bond acceptors (Lipinski definition) is 7. The number of carbonyl (C=O) groups excluding carboxylic acids is 1. The molecule has 3 aromatic rings. The van der Waals surface area contributed by atoms with Crippen molar-refractivity contribution < 1.29 is 22.3 Å². The van der Waals surface area contributed by atoms with Crippen molar-refractivity contribution in [1.29, 1.82) is 0 Å². The van der Waals surface area contributed by atoms with Gasteiger partial charge >= 0.3 is 0 Å². The molecule has 0 aliphatic carbocycles. The summed E-state index contributed by atoms with van der Waals surface area (Å²) in [5, 5.41) is 2.91. The van der Waals surface area contributed by atoms with Crippen molar-refractivity contribution in [3.05, 3.63) is 57.1 Å². The number of halogens is 2. The third kappa shape index (κ3) is 5.25. The lowest BCUT2D eigenvalue weighted by Gasteiger charge is -2.21. The Labute approximate surface area is 206 Å². The van der Waals surface area contributed by atoms with Gasteiger partial charge in [0, 0.05) is 53.7 Å². The van der Waals surface area contributed by atoms with E-state index in [1.165, 1.54) is 35.6 Å². The average Bonchev–Trinajstić information content (AvgIpc) is 3.39. The number of ether oxygens (including phenoxy) is 1. The van der Waals surface area contributed by atoms with Crippen molar-refractivity contribution in [1.82, 2.24) is 4.98 Å². The van der Waals surface area contributed by atoms with E-state index in [9.17, 15) is 17.6 Å². The Balaban J connectivity index is 1.64. The number of sulfone groups is 1. The predicted octanol–water partition coefficient (Wildman–Crippen LogP) is 4.79. The number of anilines is 2. The highest BCUT2D eigenvalue weighted by Gasteiger charge is 2.27. The standard InChI is InChI=1S/C23H23ClFN3O4S2/c1-13-19(22-20(8-15(25)11-26-22)28-5-4-17(12-28)32-2)10-21(33-13)23(29)27-16-6-14(24)7-18(9-16)34(3,30)31/h6-11,17H,4-5,12H2,1-3H3,(H,27,29). The lowest BCUT2D eigenvalue weighted by molar-refractivity contribution is 0.103. The van der Waals surface area contributed by atoms with Crippen LogP contribution in [0.1, 0.15) is 21.0 Å². The van der Waals surface area contributed by atoms with E-state index in [-0.39, 0.29) is 21.7 Å². The van der Waals surface area contributed by atoms with Gasteiger partial charge in [-0.3, -0.25) is 9.78 Å². The van der Waals surface area contributed by atoms with Gasteiger partial charge in [-0.2, -0.15) is 0 Å². The second-order valence-corrected chi connectivity index (χ2v) is 11.8. The molecule has 1 aliphatic heterocycles. The van der Waals surface area contributed by atoms with Gasteiger partial charge < -0.3 is 15.0 Å². The molecule has 2 aromatic heterocycles. The summed E-state index contributed by atoms with van der Waals surface area (Å²) in [5.41, 5.74) is 2.25. The Morgan fingerprint density at radius 1 is 1.29 bits per heavy atom. The van der Waals surface area contributed by atoms with Gasteiger partial charge in [-0.15, -0.1) is 11.3 Å². The summed E-state index contributed by atoms with van der Waals surface area (Å²) in [6.07, 6.45) is 3.13. The van der Waals surface area contributed by atoms with Gasteiger partial charge in [0.15, 0.2) is 9.84 Å². The minimum atomic E-state index is -3.49. The molecular formula is C23H23ClFN3O4S2. The molecule has 1 aromatic carbocycles. The fraction of sp³-hybridized carbons (Fsp3) is 0.304. The maximum absolute atomic E-state index is 14.1. The maximum Gasteiger partial charge on any atom is 0.265 e. The van der Waals surface area contributed by atoms with E-state index in [0.717, 1.165) is 29.3 Å². The van der Waals surface area contributed by atoms with Gasteiger partial charge in [0.25, 0.3) is 5.91 Å². The molecular weight excluding hydrogens is 501 g/mol. The summed E-state index contributed by atoms with van der Waals surface area (Å²) in [6.45, 7) is 3.21. The molecule has 7 nitrogen and oxygen atoms in total. The second kappa shape index (κ2) is 9.61. The molecule has 1 fully saturated rings. The van der Waals surface area contributed by atoms with Crippen LogP contribution in [0.5, 0.6) is 0 Å². The molecule has 1 unspecified atom stereocenters. The first-order valence-corrected chi connectivity index (χ1v) is 13.5. The number of nitrogens with one attached hydrogen (secondary N) is 1. The van der Waals surface area contributed by atoms with Crippen LogP contribution in [0.3, 0.4) is 0 Å². The van der Waals surface area contributed by atoms with E-state index in [1.54, 1.807) is 13.2 Å². The maximum atomic E-state index is 14.1. The first-order valence-electron chi connectivity index (χ1n) is 10.4. The Hall–Kier alpha value is -2.53. The molecule has 4 rings (SSSR count). The molecule has 1 amide bonds. The number of carbonyl (C=O) groups is 1. The minimum absolute atomic E-state index is 0.0125. The summed E-state index contributed by atoms with van der Waals surface area (Å²) in [7, 11) is -1.84. The topological polar surface area (TPSA) is 88.6 Å². The van der Waals surface area contributed by atoms with Gasteiger partial charge in [0.2, 0.25) is 0 Å². The number of pyridine rings is 1. The molecule has 180 valence electrons. The van der Waals surface area contributed by atoms with Crippen molar-refractivity contribution >= 4 is 50.1 Å². The zero-order valence-electron chi connectivity index (χ0n) is 18.8. The Kier molecular flexibility index (Phi) is 6.95. The monoisotopic (exact) mass is 523 g/mol. The average molecular weight is 524 g/mol. The fourth-order valence-electron chi connectivity index (χ4n) is 3.89. The van der Waals surface area contributed by atoms with Gasteiger partial charge in [0.05, 0.1) is 33.5 Å². The largest absolute Gasteiger partial charge is 0.380 e. The van der Waals surface area contributed by atoms with E-state index in [1.807, 2.05) is 11.8 Å². The minimum Gasteiger partial charge on any atom is -0.380 e. The highest BCUT2D eigenvalue weighted by molar-refractivity contribution is 7.90. The Bertz CT molecular complexity index is 1360. The normalized spacial score (nSPS) is 16.1. The number of hydrogen-bond donors (Lipinski definition) is 1. The van der Waals surface area contributed by atoms with Gasteiger partial charge in [-0.05, 0) is 37.6 Å². The quantitative estimate of drug-likeness (QED) is 0.499. The van der Waals surface area contributed by atoms with Crippen molar-refractivity contribution in [3.8, 4) is 11.3 Å². The number of amides is 1. The number of aryl methyl sites for hydroxylation is 1. The molecule has 1 N–H and O–H groups in total. The van der Waals surface area contributed by atoms with Crippen LogP contribution in [0.25, 0.3) is 11.3 Å². The summed E-state index contributed by atoms with van der Waals surface area (Å²) in [4.78, 5) is 20.6. The van der Waals surface area contributed by atoms with Crippen molar-refractivity contribution in [3.63, 3.8) is 0 Å². The fourth-order valence-corrected chi connectivity index (χ4v) is 5.79. The van der Waals surface area contributed by atoms with Crippen LogP contribution in [-0.4, -0.2) is 51.9 Å². The van der Waals surface area contributed by atoms with E-state index < -0.39 is 21.6 Å². The van der Waals surface area contributed by atoms with E-state index in [0.29, 0.717) is 29.3 Å². The predicted molar refractivity (Wildman–Crippen MR) is 132 cm³/mol. The molecule has 34 heavy (non-hydrogen) atoms. The molecule has 11 heteroatoms. The second-order valence-electron chi connectivity index (χ2n) is 8.10. The molecule has 0 spiro atoms. The van der Waals surface area contributed by atoms with Crippen molar-refractivity contribution in [2.24, 2.45) is 0 Å². The zero-order chi connectivity index (χ0) is 24.6. The first-order chi connectivity index (χ1) is 16.0. The van der Waals surface area contributed by atoms with Crippen LogP contribution < -0.4 is 10.2 Å². The highest BCUT2D eigenvalue weighted by Crippen LogP contribution is 2.37. The van der Waals surface area contributed by atoms with Crippen LogP contribution in [0, 0.1) is 12.7 Å². The molecule has 0 saturated carbocycles. The molecule has 3 heterocycles. The van der Waals surface area contributed by atoms with Crippen LogP contribution in [0.2, 0.25) is 5.02 Å². The Morgan fingerprint density at radius 2 is 2.06 bits per heavy atom. The van der Waals surface area contributed by atoms with Gasteiger partial charge in [-0.1, -0.05) is 11.6 Å². The summed E-state index contributed by atoms with van der Waals surface area (Å²) in [5.74, 6) is -0.849. The van der Waals surface area contributed by atoms with E-state index in [2.05, 4.69) is 10.3 Å². The number of thiophene rings is 1. The molecule has 0 radical (unpaired) electrons. The van der Waals surface area contributed by atoms with E-state index >= 15 is 0 Å². The summed E-state index contributed by atoms with van der Waals surface area (Å²) in [6, 6.07) is 7.34. The third-order valence-electron chi connectivity index (χ3n) is 5.61. The van der Waals surface area contributed by atoms with Crippen LogP contribution in [-0.2, 0) is 14.6 Å².